The molecule has 0 N–H and O–H groups in total. The van der Waals surface area contributed by atoms with Gasteiger partial charge in [-0.1, -0.05) is 64.4 Å². The molecule has 0 spiro atoms. The van der Waals surface area contributed by atoms with Crippen molar-refractivity contribution in [1.29, 1.82) is 0 Å². The van der Waals surface area contributed by atoms with Crippen LogP contribution in [0.25, 0.3) is 10.8 Å². The molecule has 2 aliphatic carbocycles. The smallest absolute Gasteiger partial charge is 0.191 e. The van der Waals surface area contributed by atoms with Crippen molar-refractivity contribution in [3.05, 3.63) is 42.0 Å². The van der Waals surface area contributed by atoms with Crippen molar-refractivity contribution >= 4 is 56.0 Å². The first kappa shape index (κ1) is 18.1. The second-order valence-electron chi connectivity index (χ2n) is 7.47. The van der Waals surface area contributed by atoms with Gasteiger partial charge >= 0.3 is 0 Å². The second-order valence-corrected chi connectivity index (χ2v) is 9.53. The summed E-state index contributed by atoms with van der Waals surface area (Å²) in [4.78, 5) is 2.22. The van der Waals surface area contributed by atoms with Gasteiger partial charge in [0.2, 0.25) is 0 Å². The van der Waals surface area contributed by atoms with Crippen LogP contribution in [0.2, 0.25) is 0 Å². The molecule has 0 bridgehead atoms. The minimum atomic E-state index is 0.258. The van der Waals surface area contributed by atoms with E-state index >= 15 is 0 Å². The molecule has 0 saturated heterocycles. The van der Waals surface area contributed by atoms with E-state index in [1.54, 1.807) is 0 Å². The Morgan fingerprint density at radius 3 is 2.54 bits per heavy atom. The highest BCUT2D eigenvalue weighted by Crippen LogP contribution is 2.47. The minimum absolute atomic E-state index is 0.258. The fraction of sp³-hybridized carbons (Fsp3) is 0.429. The summed E-state index contributed by atoms with van der Waals surface area (Å²) in [5.74, 6) is 0.734. The molecule has 0 amide bonds. The summed E-state index contributed by atoms with van der Waals surface area (Å²) in [6, 6.07) is 13.3. The predicted octanol–water partition coefficient (Wildman–Crippen LogP) is 6.52. The van der Waals surface area contributed by atoms with Gasteiger partial charge in [0, 0.05) is 16.9 Å². The Bertz CT molecular complexity index is 855. The molecule has 2 fully saturated rings. The Balaban J connectivity index is 1.77. The molecular weight excluding hydrogens is 406 g/mol. The molecule has 4 rings (SSSR count). The topological polar surface area (TPSA) is 28.0 Å². The molecule has 5 heteroatoms. The SMILES string of the molecule is C=N/N=C(/SC1(C)CCC1)N(CBr)c1ccc(C2CC2)c2ccccc12. The Morgan fingerprint density at radius 2 is 1.96 bits per heavy atom. The van der Waals surface area contributed by atoms with E-state index in [2.05, 4.69) is 81.1 Å². The van der Waals surface area contributed by atoms with Crippen molar-refractivity contribution < 1.29 is 0 Å². The maximum Gasteiger partial charge on any atom is 0.191 e. The van der Waals surface area contributed by atoms with Crippen molar-refractivity contribution in [3.8, 4) is 0 Å². The van der Waals surface area contributed by atoms with E-state index in [0.29, 0.717) is 5.45 Å². The first-order valence-corrected chi connectivity index (χ1v) is 11.2. The lowest BCUT2D eigenvalue weighted by Crippen LogP contribution is -2.36. The Hall–Kier alpha value is -1.33. The van der Waals surface area contributed by atoms with Crippen LogP contribution in [0.5, 0.6) is 0 Å². The van der Waals surface area contributed by atoms with E-state index in [4.69, 9.17) is 0 Å². The molecule has 2 saturated carbocycles. The number of fused-ring (bicyclic) bond motifs is 1. The van der Waals surface area contributed by atoms with E-state index in [0.717, 1.165) is 11.1 Å². The van der Waals surface area contributed by atoms with Crippen LogP contribution in [0.15, 0.2) is 46.6 Å². The van der Waals surface area contributed by atoms with Gasteiger partial charge in [0.1, 0.15) is 0 Å². The van der Waals surface area contributed by atoms with Crippen molar-refractivity contribution in [2.45, 2.75) is 49.7 Å². The largest absolute Gasteiger partial charge is 0.308 e. The van der Waals surface area contributed by atoms with Gasteiger partial charge in [-0.2, -0.15) is 5.10 Å². The number of nitrogens with zero attached hydrogens (tertiary/aromatic N) is 3. The highest BCUT2D eigenvalue weighted by atomic mass is 79.9. The summed E-state index contributed by atoms with van der Waals surface area (Å²) in [7, 11) is 0. The van der Waals surface area contributed by atoms with Crippen LogP contribution in [0.4, 0.5) is 5.69 Å². The van der Waals surface area contributed by atoms with Gasteiger partial charge in [-0.3, -0.25) is 0 Å². The van der Waals surface area contributed by atoms with Crippen LogP contribution >= 0.6 is 27.7 Å². The number of hydrogen-bond donors (Lipinski definition) is 0. The monoisotopic (exact) mass is 429 g/mol. The summed E-state index contributed by atoms with van der Waals surface area (Å²) >= 11 is 5.52. The predicted molar refractivity (Wildman–Crippen MR) is 119 cm³/mol. The van der Waals surface area contributed by atoms with Crippen LogP contribution in [-0.4, -0.2) is 22.1 Å². The van der Waals surface area contributed by atoms with E-state index in [1.807, 2.05) is 11.8 Å². The fourth-order valence-electron chi connectivity index (χ4n) is 3.70. The molecule has 0 aromatic heterocycles. The summed E-state index contributed by atoms with van der Waals surface area (Å²) in [5, 5.41) is 11.8. The molecule has 136 valence electrons. The third-order valence-corrected chi connectivity index (χ3v) is 7.39. The number of amidine groups is 1. The Kier molecular flexibility index (Phi) is 5.11. The Labute approximate surface area is 168 Å². The summed E-state index contributed by atoms with van der Waals surface area (Å²) in [6.07, 6.45) is 6.38. The number of benzene rings is 2. The first-order chi connectivity index (χ1) is 12.6. The van der Waals surface area contributed by atoms with Crippen molar-refractivity contribution in [3.63, 3.8) is 0 Å². The highest BCUT2D eigenvalue weighted by Gasteiger charge is 2.36. The number of alkyl halides is 1. The van der Waals surface area contributed by atoms with Crippen molar-refractivity contribution in [2.75, 3.05) is 10.4 Å². The van der Waals surface area contributed by atoms with Crippen LogP contribution in [-0.2, 0) is 0 Å². The normalized spacial score (nSPS) is 19.2. The molecule has 0 aliphatic heterocycles. The maximum atomic E-state index is 4.40. The van der Waals surface area contributed by atoms with Gasteiger partial charge in [-0.05, 0) is 55.5 Å². The van der Waals surface area contributed by atoms with Crippen LogP contribution in [0.3, 0.4) is 0 Å². The number of rotatable bonds is 5. The summed E-state index contributed by atoms with van der Waals surface area (Å²) in [6.45, 7) is 5.92. The fourth-order valence-corrected chi connectivity index (χ4v) is 5.68. The third kappa shape index (κ3) is 3.44. The van der Waals surface area contributed by atoms with Gasteiger partial charge in [0.05, 0.1) is 11.1 Å². The molecule has 2 aromatic carbocycles. The summed E-state index contributed by atoms with van der Waals surface area (Å²) < 4.78 is 0.258. The molecule has 2 aliphatic rings. The summed E-state index contributed by atoms with van der Waals surface area (Å²) in [5.41, 5.74) is 3.34. The van der Waals surface area contributed by atoms with Crippen LogP contribution in [0, 0.1) is 0 Å². The second kappa shape index (κ2) is 7.35. The average molecular weight is 430 g/mol. The van der Waals surface area contributed by atoms with Crippen molar-refractivity contribution in [2.24, 2.45) is 10.2 Å². The van der Waals surface area contributed by atoms with E-state index in [1.165, 1.54) is 54.1 Å². The van der Waals surface area contributed by atoms with Gasteiger partial charge in [0.15, 0.2) is 5.17 Å². The van der Waals surface area contributed by atoms with Gasteiger partial charge in [-0.25, -0.2) is 0 Å². The molecule has 2 aromatic rings. The maximum absolute atomic E-state index is 4.40. The molecular formula is C21H24BrN3S. The number of anilines is 1. The number of halogens is 1. The first-order valence-electron chi connectivity index (χ1n) is 9.23. The standard InChI is InChI=1S/C21H24BrN3S/c1-21(12-5-13-21)26-20(24-23-2)25(14-22)19-11-10-16(15-8-9-15)17-6-3-4-7-18(17)19/h3-4,6-7,10-11,15H,2,5,8-9,12-14H2,1H3/b24-20+. The lowest BCUT2D eigenvalue weighted by molar-refractivity contribution is 0.394. The zero-order valence-electron chi connectivity index (χ0n) is 15.1. The zero-order valence-corrected chi connectivity index (χ0v) is 17.5. The van der Waals surface area contributed by atoms with E-state index in [-0.39, 0.29) is 4.75 Å². The molecule has 26 heavy (non-hydrogen) atoms. The average Bonchev–Trinajstić information content (AvgIpc) is 3.46. The molecule has 0 unspecified atom stereocenters. The van der Waals surface area contributed by atoms with Gasteiger partial charge in [-0.15, -0.1) is 5.10 Å². The number of thioether (sulfide) groups is 1. The Morgan fingerprint density at radius 1 is 1.23 bits per heavy atom. The lowest BCUT2D eigenvalue weighted by atomic mass is 9.86. The van der Waals surface area contributed by atoms with E-state index in [9.17, 15) is 0 Å². The van der Waals surface area contributed by atoms with Gasteiger partial charge < -0.3 is 4.90 Å². The van der Waals surface area contributed by atoms with Gasteiger partial charge in [0.25, 0.3) is 0 Å². The van der Waals surface area contributed by atoms with Crippen LogP contribution < -0.4 is 4.90 Å². The number of hydrogen-bond acceptors (Lipinski definition) is 3. The molecule has 3 nitrogen and oxygen atoms in total. The highest BCUT2D eigenvalue weighted by molar-refractivity contribution is 9.09. The molecule has 0 atom stereocenters. The molecule has 0 radical (unpaired) electrons. The lowest BCUT2D eigenvalue weighted by Gasteiger charge is -2.39. The quantitative estimate of drug-likeness (QED) is 0.178. The minimum Gasteiger partial charge on any atom is -0.308 e. The zero-order chi connectivity index (χ0) is 18.1. The van der Waals surface area contributed by atoms with E-state index < -0.39 is 0 Å². The van der Waals surface area contributed by atoms with Crippen molar-refractivity contribution in [1.82, 2.24) is 0 Å². The third-order valence-electron chi connectivity index (χ3n) is 5.50. The molecule has 0 heterocycles. The van der Waals surface area contributed by atoms with Crippen LogP contribution in [0.1, 0.15) is 50.5 Å².